The number of pyridine rings is 1. The predicted molar refractivity (Wildman–Crippen MR) is 69.9 cm³/mol. The molecule has 0 radical (unpaired) electrons. The number of hydrogen-bond donors (Lipinski definition) is 1. The van der Waals surface area contributed by atoms with Gasteiger partial charge in [0.2, 0.25) is 0 Å². The molecule has 0 amide bonds. The quantitative estimate of drug-likeness (QED) is 0.826. The molecule has 17 heavy (non-hydrogen) atoms. The Morgan fingerprint density at radius 1 is 1.35 bits per heavy atom. The average Bonchev–Trinajstić information content (AvgIpc) is 2.79. The monoisotopic (exact) mass is 248 g/mol. The van der Waals surface area contributed by atoms with Crippen LogP contribution in [0.2, 0.25) is 0 Å². The van der Waals surface area contributed by atoms with Gasteiger partial charge in [-0.05, 0) is 31.5 Å². The Morgan fingerprint density at radius 3 is 3.00 bits per heavy atom. The summed E-state index contributed by atoms with van der Waals surface area (Å²) in [5, 5.41) is 13.6. The smallest absolute Gasteiger partial charge is 0.166 e. The second-order valence-corrected chi connectivity index (χ2v) is 4.91. The van der Waals surface area contributed by atoms with Crippen molar-refractivity contribution in [3.05, 3.63) is 28.9 Å². The molecule has 0 saturated heterocycles. The van der Waals surface area contributed by atoms with E-state index in [1.807, 2.05) is 19.1 Å². The Morgan fingerprint density at radius 2 is 2.24 bits per heavy atom. The van der Waals surface area contributed by atoms with Crippen LogP contribution in [0.5, 0.6) is 0 Å². The van der Waals surface area contributed by atoms with Gasteiger partial charge in [-0.15, -0.1) is 10.2 Å². The minimum atomic E-state index is 0.789. The standard InChI is InChI=1S/C12H16N4S/c1-3-6-13-8-10-15-16-12(17-10)11-9(2)5-4-7-14-11/h4-5,7,13H,3,6,8H2,1-2H3. The van der Waals surface area contributed by atoms with E-state index < -0.39 is 0 Å². The minimum absolute atomic E-state index is 0.789. The third-order valence-corrected chi connectivity index (χ3v) is 3.31. The van der Waals surface area contributed by atoms with Gasteiger partial charge in [0, 0.05) is 12.7 Å². The summed E-state index contributed by atoms with van der Waals surface area (Å²) in [6, 6.07) is 3.97. The third-order valence-electron chi connectivity index (χ3n) is 2.38. The number of nitrogens with one attached hydrogen (secondary N) is 1. The van der Waals surface area contributed by atoms with Crippen LogP contribution in [0, 0.1) is 6.92 Å². The first-order valence-corrected chi connectivity index (χ1v) is 6.58. The summed E-state index contributed by atoms with van der Waals surface area (Å²) in [6.45, 7) is 5.99. The number of hydrogen-bond acceptors (Lipinski definition) is 5. The first-order valence-electron chi connectivity index (χ1n) is 5.76. The van der Waals surface area contributed by atoms with E-state index in [2.05, 4.69) is 27.4 Å². The molecule has 0 aromatic carbocycles. The van der Waals surface area contributed by atoms with Crippen molar-refractivity contribution in [2.45, 2.75) is 26.8 Å². The second-order valence-electron chi connectivity index (χ2n) is 3.85. The van der Waals surface area contributed by atoms with Gasteiger partial charge >= 0.3 is 0 Å². The summed E-state index contributed by atoms with van der Waals surface area (Å²) in [5.74, 6) is 0. The maximum absolute atomic E-state index is 4.35. The lowest BCUT2D eigenvalue weighted by Crippen LogP contribution is -2.13. The largest absolute Gasteiger partial charge is 0.310 e. The van der Waals surface area contributed by atoms with Gasteiger partial charge in [-0.1, -0.05) is 24.3 Å². The molecule has 0 fully saturated rings. The van der Waals surface area contributed by atoms with E-state index in [9.17, 15) is 0 Å². The molecule has 4 nitrogen and oxygen atoms in total. The van der Waals surface area contributed by atoms with Crippen LogP contribution in [0.25, 0.3) is 10.7 Å². The first kappa shape index (κ1) is 12.1. The lowest BCUT2D eigenvalue weighted by atomic mass is 10.2. The van der Waals surface area contributed by atoms with E-state index in [0.29, 0.717) is 0 Å². The van der Waals surface area contributed by atoms with E-state index in [0.717, 1.165) is 40.8 Å². The van der Waals surface area contributed by atoms with Crippen molar-refractivity contribution in [3.63, 3.8) is 0 Å². The lowest BCUT2D eigenvalue weighted by Gasteiger charge is -1.98. The summed E-state index contributed by atoms with van der Waals surface area (Å²) >= 11 is 1.60. The topological polar surface area (TPSA) is 50.7 Å². The molecule has 5 heteroatoms. The Balaban J connectivity index is 2.10. The van der Waals surface area contributed by atoms with E-state index in [1.54, 1.807) is 17.5 Å². The Labute approximate surface area is 105 Å². The van der Waals surface area contributed by atoms with Crippen LogP contribution < -0.4 is 5.32 Å². The fraction of sp³-hybridized carbons (Fsp3) is 0.417. The normalized spacial score (nSPS) is 10.7. The maximum Gasteiger partial charge on any atom is 0.166 e. The molecule has 1 N–H and O–H groups in total. The van der Waals surface area contributed by atoms with Crippen molar-refractivity contribution in [3.8, 4) is 10.7 Å². The molecule has 0 unspecified atom stereocenters. The molecular formula is C12H16N4S. The van der Waals surface area contributed by atoms with Crippen LogP contribution in [0.1, 0.15) is 23.9 Å². The Bertz CT molecular complexity index is 481. The molecule has 0 aliphatic carbocycles. The van der Waals surface area contributed by atoms with Crippen LogP contribution in [0.4, 0.5) is 0 Å². The van der Waals surface area contributed by atoms with Crippen molar-refractivity contribution in [1.29, 1.82) is 0 Å². The average molecular weight is 248 g/mol. The van der Waals surface area contributed by atoms with E-state index in [1.165, 1.54) is 0 Å². The fourth-order valence-corrected chi connectivity index (χ4v) is 2.37. The molecule has 2 heterocycles. The molecule has 0 atom stereocenters. The van der Waals surface area contributed by atoms with E-state index in [-0.39, 0.29) is 0 Å². The highest BCUT2D eigenvalue weighted by atomic mass is 32.1. The number of aryl methyl sites for hydroxylation is 1. The third kappa shape index (κ3) is 3.08. The van der Waals surface area contributed by atoms with Gasteiger partial charge in [0.25, 0.3) is 0 Å². The van der Waals surface area contributed by atoms with Gasteiger partial charge in [0.1, 0.15) is 10.7 Å². The highest BCUT2D eigenvalue weighted by molar-refractivity contribution is 7.14. The van der Waals surface area contributed by atoms with Crippen LogP contribution >= 0.6 is 11.3 Å². The summed E-state index contributed by atoms with van der Waals surface area (Å²) in [7, 11) is 0. The minimum Gasteiger partial charge on any atom is -0.310 e. The van der Waals surface area contributed by atoms with Crippen LogP contribution in [-0.2, 0) is 6.54 Å². The summed E-state index contributed by atoms with van der Waals surface area (Å²) < 4.78 is 0. The fourth-order valence-electron chi connectivity index (χ4n) is 1.50. The number of aromatic nitrogens is 3. The van der Waals surface area contributed by atoms with Gasteiger partial charge in [-0.2, -0.15) is 0 Å². The van der Waals surface area contributed by atoms with Crippen molar-refractivity contribution < 1.29 is 0 Å². The zero-order chi connectivity index (χ0) is 12.1. The molecule has 0 aliphatic heterocycles. The SMILES string of the molecule is CCCNCc1nnc(-c2ncccc2C)s1. The number of nitrogens with zero attached hydrogens (tertiary/aromatic N) is 3. The lowest BCUT2D eigenvalue weighted by molar-refractivity contribution is 0.668. The van der Waals surface area contributed by atoms with Crippen LogP contribution in [-0.4, -0.2) is 21.7 Å². The molecule has 0 aliphatic rings. The predicted octanol–water partition coefficient (Wildman–Crippen LogP) is 2.41. The maximum atomic E-state index is 4.35. The zero-order valence-corrected chi connectivity index (χ0v) is 10.9. The molecule has 0 saturated carbocycles. The van der Waals surface area contributed by atoms with Gasteiger partial charge in [-0.3, -0.25) is 4.98 Å². The van der Waals surface area contributed by atoms with Crippen molar-refractivity contribution in [2.24, 2.45) is 0 Å². The van der Waals surface area contributed by atoms with Crippen LogP contribution in [0.3, 0.4) is 0 Å². The molecule has 2 aromatic rings. The molecule has 2 rings (SSSR count). The highest BCUT2D eigenvalue weighted by Gasteiger charge is 2.09. The van der Waals surface area contributed by atoms with Crippen LogP contribution in [0.15, 0.2) is 18.3 Å². The molecular weight excluding hydrogens is 232 g/mol. The van der Waals surface area contributed by atoms with Crippen molar-refractivity contribution in [2.75, 3.05) is 6.54 Å². The van der Waals surface area contributed by atoms with E-state index in [4.69, 9.17) is 0 Å². The Kier molecular flexibility index (Phi) is 4.17. The van der Waals surface area contributed by atoms with Gasteiger partial charge in [0.05, 0.1) is 0 Å². The number of rotatable bonds is 5. The first-order chi connectivity index (χ1) is 8.31. The molecule has 90 valence electrons. The summed E-state index contributed by atoms with van der Waals surface area (Å²) in [6.07, 6.45) is 2.92. The summed E-state index contributed by atoms with van der Waals surface area (Å²) in [4.78, 5) is 4.35. The van der Waals surface area contributed by atoms with Crippen molar-refractivity contribution >= 4 is 11.3 Å². The molecule has 0 bridgehead atoms. The van der Waals surface area contributed by atoms with Gasteiger partial charge in [0.15, 0.2) is 5.01 Å². The molecule has 2 aromatic heterocycles. The Hall–Kier alpha value is -1.33. The zero-order valence-electron chi connectivity index (χ0n) is 10.1. The van der Waals surface area contributed by atoms with Gasteiger partial charge < -0.3 is 5.32 Å². The van der Waals surface area contributed by atoms with Gasteiger partial charge in [-0.25, -0.2) is 0 Å². The molecule has 0 spiro atoms. The summed E-state index contributed by atoms with van der Waals surface area (Å²) in [5.41, 5.74) is 2.07. The van der Waals surface area contributed by atoms with Crippen molar-refractivity contribution in [1.82, 2.24) is 20.5 Å². The highest BCUT2D eigenvalue weighted by Crippen LogP contribution is 2.23. The van der Waals surface area contributed by atoms with E-state index >= 15 is 0 Å². The second kappa shape index (κ2) is 5.84.